The van der Waals surface area contributed by atoms with Crippen molar-refractivity contribution in [2.24, 2.45) is 0 Å². The van der Waals surface area contributed by atoms with Crippen molar-refractivity contribution in [1.82, 2.24) is 5.32 Å². The van der Waals surface area contributed by atoms with Crippen LogP contribution in [0, 0.1) is 0 Å². The zero-order chi connectivity index (χ0) is 12.1. The quantitative estimate of drug-likeness (QED) is 0.828. The highest BCUT2D eigenvalue weighted by Gasteiger charge is 2.09. The molecule has 5 heteroatoms. The molecule has 0 saturated heterocycles. The molecule has 0 aliphatic carbocycles. The maximum Gasteiger partial charge on any atom is 0.157 e. The summed E-state index contributed by atoms with van der Waals surface area (Å²) in [6, 6.07) is 3.18. The number of rotatable bonds is 5. The van der Waals surface area contributed by atoms with Crippen LogP contribution < -0.4 is 10.1 Å². The number of halogens is 3. The third kappa shape index (κ3) is 3.87. The van der Waals surface area contributed by atoms with Crippen molar-refractivity contribution in [2.45, 2.75) is 0 Å². The number of benzene rings is 1. The highest BCUT2D eigenvalue weighted by atomic mass is 35.5. The summed E-state index contributed by atoms with van der Waals surface area (Å²) in [7, 11) is 1.84. The predicted molar refractivity (Wildman–Crippen MR) is 70.0 cm³/mol. The van der Waals surface area contributed by atoms with E-state index in [0.29, 0.717) is 34.0 Å². The number of hydrogen-bond donors (Lipinski definition) is 1. The van der Waals surface area contributed by atoms with Gasteiger partial charge in [-0.25, -0.2) is 0 Å². The third-order valence-corrected chi connectivity index (χ3v) is 2.59. The monoisotopic (exact) mass is 279 g/mol. The number of ether oxygens (including phenoxy) is 1. The second kappa shape index (κ2) is 6.36. The molecule has 2 nitrogen and oxygen atoms in total. The summed E-state index contributed by atoms with van der Waals surface area (Å²) in [6.07, 6.45) is 0. The largest absolute Gasteiger partial charge is 0.486 e. The molecule has 0 aliphatic rings. The van der Waals surface area contributed by atoms with Gasteiger partial charge in [-0.15, -0.1) is 0 Å². The maximum atomic E-state index is 5.96. The molecule has 0 bridgehead atoms. The summed E-state index contributed by atoms with van der Waals surface area (Å²) < 4.78 is 5.47. The van der Waals surface area contributed by atoms with Crippen LogP contribution in [0.2, 0.25) is 15.1 Å². The van der Waals surface area contributed by atoms with E-state index >= 15 is 0 Å². The third-order valence-electron chi connectivity index (χ3n) is 1.81. The van der Waals surface area contributed by atoms with Gasteiger partial charge in [0, 0.05) is 11.6 Å². The minimum absolute atomic E-state index is 0.363. The molecular formula is C11H12Cl3NO. The average Bonchev–Trinajstić information content (AvgIpc) is 2.16. The van der Waals surface area contributed by atoms with Gasteiger partial charge >= 0.3 is 0 Å². The zero-order valence-electron chi connectivity index (χ0n) is 8.82. The fraction of sp³-hybridized carbons (Fsp3) is 0.273. The smallest absolute Gasteiger partial charge is 0.157 e. The van der Waals surface area contributed by atoms with Gasteiger partial charge in [0.25, 0.3) is 0 Å². The topological polar surface area (TPSA) is 21.3 Å². The van der Waals surface area contributed by atoms with Crippen LogP contribution in [-0.2, 0) is 0 Å². The molecule has 0 atom stereocenters. The lowest BCUT2D eigenvalue weighted by atomic mass is 10.3. The highest BCUT2D eigenvalue weighted by Crippen LogP contribution is 2.35. The number of nitrogens with one attached hydrogen (secondary N) is 1. The van der Waals surface area contributed by atoms with E-state index in [1.54, 1.807) is 12.1 Å². The van der Waals surface area contributed by atoms with Crippen LogP contribution in [0.3, 0.4) is 0 Å². The molecule has 1 rings (SSSR count). The van der Waals surface area contributed by atoms with Crippen LogP contribution in [0.1, 0.15) is 0 Å². The molecule has 0 saturated carbocycles. The van der Waals surface area contributed by atoms with Gasteiger partial charge in [0.1, 0.15) is 6.61 Å². The van der Waals surface area contributed by atoms with E-state index < -0.39 is 0 Å². The van der Waals surface area contributed by atoms with Gasteiger partial charge in [-0.1, -0.05) is 41.4 Å². The van der Waals surface area contributed by atoms with Crippen molar-refractivity contribution in [2.75, 3.05) is 20.2 Å². The van der Waals surface area contributed by atoms with Crippen molar-refractivity contribution in [3.8, 4) is 5.75 Å². The molecule has 1 aromatic rings. The number of likely N-dealkylation sites (N-methyl/N-ethyl adjacent to an activating group) is 1. The van der Waals surface area contributed by atoms with Crippen molar-refractivity contribution in [3.63, 3.8) is 0 Å². The summed E-state index contributed by atoms with van der Waals surface area (Å²) in [6.45, 7) is 4.88. The van der Waals surface area contributed by atoms with Gasteiger partial charge in [0.15, 0.2) is 5.75 Å². The average molecular weight is 281 g/mol. The molecule has 16 heavy (non-hydrogen) atoms. The van der Waals surface area contributed by atoms with Crippen LogP contribution in [0.5, 0.6) is 5.75 Å². The Kier molecular flexibility index (Phi) is 5.42. The van der Waals surface area contributed by atoms with Gasteiger partial charge in [0.05, 0.1) is 10.0 Å². The van der Waals surface area contributed by atoms with E-state index in [2.05, 4.69) is 11.9 Å². The van der Waals surface area contributed by atoms with Crippen molar-refractivity contribution < 1.29 is 4.74 Å². The predicted octanol–water partition coefficient (Wildman–Crippen LogP) is 3.80. The Hall–Kier alpha value is -0.410. The van der Waals surface area contributed by atoms with Crippen molar-refractivity contribution in [3.05, 3.63) is 39.4 Å². The zero-order valence-corrected chi connectivity index (χ0v) is 11.1. The van der Waals surface area contributed by atoms with Gasteiger partial charge in [-0.05, 0) is 24.8 Å². The highest BCUT2D eigenvalue weighted by molar-refractivity contribution is 6.40. The van der Waals surface area contributed by atoms with Crippen LogP contribution >= 0.6 is 34.8 Å². The fourth-order valence-corrected chi connectivity index (χ4v) is 2.07. The van der Waals surface area contributed by atoms with Crippen molar-refractivity contribution >= 4 is 34.8 Å². The Bertz CT molecular complexity index is 370. The standard InChI is InChI=1S/C11H12Cl3NO/c1-7(5-15-2)6-16-11-9(13)3-8(12)4-10(11)14/h3-4,15H,1,5-6H2,2H3. The van der Waals surface area contributed by atoms with Gasteiger partial charge in [-0.3, -0.25) is 0 Å². The second-order valence-electron chi connectivity index (χ2n) is 3.27. The minimum Gasteiger partial charge on any atom is -0.486 e. The maximum absolute atomic E-state index is 5.96. The Morgan fingerprint density at radius 1 is 1.31 bits per heavy atom. The summed E-state index contributed by atoms with van der Waals surface area (Å²) in [4.78, 5) is 0. The molecule has 0 fully saturated rings. The Morgan fingerprint density at radius 3 is 2.38 bits per heavy atom. The van der Waals surface area contributed by atoms with Crippen LogP contribution in [0.25, 0.3) is 0 Å². The number of hydrogen-bond acceptors (Lipinski definition) is 2. The minimum atomic E-state index is 0.363. The summed E-state index contributed by atoms with van der Waals surface area (Å²) >= 11 is 17.7. The van der Waals surface area contributed by atoms with Crippen molar-refractivity contribution in [1.29, 1.82) is 0 Å². The normalized spacial score (nSPS) is 10.2. The Labute approximate surface area is 110 Å². The molecule has 1 N–H and O–H groups in total. The first-order valence-corrected chi connectivity index (χ1v) is 5.76. The summed E-state index contributed by atoms with van der Waals surface area (Å²) in [5.41, 5.74) is 0.907. The van der Waals surface area contributed by atoms with Crippen LogP contribution in [0.4, 0.5) is 0 Å². The van der Waals surface area contributed by atoms with Crippen LogP contribution in [0.15, 0.2) is 24.3 Å². The first-order chi connectivity index (χ1) is 7.54. The molecule has 88 valence electrons. The van der Waals surface area contributed by atoms with E-state index in [4.69, 9.17) is 39.5 Å². The molecule has 0 amide bonds. The van der Waals surface area contributed by atoms with Gasteiger partial charge in [-0.2, -0.15) is 0 Å². The molecule has 0 aliphatic heterocycles. The fourth-order valence-electron chi connectivity index (χ4n) is 1.14. The van der Waals surface area contributed by atoms with E-state index in [-0.39, 0.29) is 0 Å². The van der Waals surface area contributed by atoms with E-state index in [0.717, 1.165) is 5.57 Å². The first kappa shape index (κ1) is 13.7. The SMILES string of the molecule is C=C(CNC)COc1c(Cl)cc(Cl)cc1Cl. The van der Waals surface area contributed by atoms with Crippen LogP contribution in [-0.4, -0.2) is 20.2 Å². The Balaban J connectivity index is 2.70. The molecule has 1 aromatic carbocycles. The van der Waals surface area contributed by atoms with Gasteiger partial charge < -0.3 is 10.1 Å². The lowest BCUT2D eigenvalue weighted by Crippen LogP contribution is -2.14. The molecular weight excluding hydrogens is 268 g/mol. The molecule has 0 spiro atoms. The lowest BCUT2D eigenvalue weighted by Gasteiger charge is -2.11. The Morgan fingerprint density at radius 2 is 1.88 bits per heavy atom. The molecule has 0 heterocycles. The van der Waals surface area contributed by atoms with Gasteiger partial charge in [0.2, 0.25) is 0 Å². The first-order valence-electron chi connectivity index (χ1n) is 4.63. The molecule has 0 radical (unpaired) electrons. The van der Waals surface area contributed by atoms with E-state index in [1.807, 2.05) is 7.05 Å². The molecule has 0 aromatic heterocycles. The van der Waals surface area contributed by atoms with E-state index in [9.17, 15) is 0 Å². The van der Waals surface area contributed by atoms with E-state index in [1.165, 1.54) is 0 Å². The lowest BCUT2D eigenvalue weighted by molar-refractivity contribution is 0.349. The summed E-state index contributed by atoms with van der Waals surface area (Å²) in [5, 5.41) is 4.25. The second-order valence-corrected chi connectivity index (χ2v) is 4.52. The summed E-state index contributed by atoms with van der Waals surface area (Å²) in [5.74, 6) is 0.435. The molecule has 0 unspecified atom stereocenters.